The van der Waals surface area contributed by atoms with Crippen molar-refractivity contribution in [3.63, 3.8) is 0 Å². The van der Waals surface area contributed by atoms with Gasteiger partial charge in [-0.15, -0.1) is 0 Å². The minimum atomic E-state index is -0.649. The van der Waals surface area contributed by atoms with Gasteiger partial charge in [0, 0.05) is 13.5 Å². The number of benzene rings is 1. The van der Waals surface area contributed by atoms with Gasteiger partial charge < -0.3 is 9.64 Å². The minimum Gasteiger partial charge on any atom is -0.450 e. The largest absolute Gasteiger partial charge is 0.450 e. The van der Waals surface area contributed by atoms with Gasteiger partial charge in [-0.25, -0.2) is 4.79 Å². The molecule has 1 heterocycles. The molecule has 0 spiro atoms. The number of amides is 1. The van der Waals surface area contributed by atoms with Crippen LogP contribution < -0.4 is 0 Å². The monoisotopic (exact) mass is 261 g/mol. The zero-order valence-electron chi connectivity index (χ0n) is 11.5. The Morgan fingerprint density at radius 2 is 1.84 bits per heavy atom. The van der Waals surface area contributed by atoms with E-state index in [0.717, 1.165) is 5.56 Å². The second kappa shape index (κ2) is 5.43. The molecule has 0 aromatic heterocycles. The first-order valence-corrected chi connectivity index (χ1v) is 6.51. The minimum absolute atomic E-state index is 0.00317. The van der Waals surface area contributed by atoms with Crippen LogP contribution in [0.3, 0.4) is 0 Å². The van der Waals surface area contributed by atoms with Gasteiger partial charge in [-0.05, 0) is 11.5 Å². The van der Waals surface area contributed by atoms with Crippen LogP contribution in [-0.2, 0) is 20.7 Å². The van der Waals surface area contributed by atoms with Gasteiger partial charge in [0.25, 0.3) is 5.91 Å². The molecule has 1 amide bonds. The third kappa shape index (κ3) is 2.78. The van der Waals surface area contributed by atoms with Crippen molar-refractivity contribution in [1.82, 2.24) is 4.90 Å². The zero-order chi connectivity index (χ0) is 14.0. The number of hydrogen-bond donors (Lipinski definition) is 0. The zero-order valence-corrected chi connectivity index (χ0v) is 11.5. The molecule has 4 nitrogen and oxygen atoms in total. The summed E-state index contributed by atoms with van der Waals surface area (Å²) in [5.74, 6) is -0.434. The lowest BCUT2D eigenvalue weighted by atomic mass is 9.99. The third-order valence-electron chi connectivity index (χ3n) is 3.45. The molecule has 1 aromatic carbocycles. The first kappa shape index (κ1) is 13.6. The van der Waals surface area contributed by atoms with E-state index in [4.69, 9.17) is 4.74 Å². The summed E-state index contributed by atoms with van der Waals surface area (Å²) < 4.78 is 5.29. The molecule has 1 aliphatic rings. The molecule has 19 heavy (non-hydrogen) atoms. The van der Waals surface area contributed by atoms with E-state index < -0.39 is 12.1 Å². The van der Waals surface area contributed by atoms with Gasteiger partial charge in [0.15, 0.2) is 6.10 Å². The molecule has 4 heteroatoms. The quantitative estimate of drug-likeness (QED) is 0.777. The Bertz CT molecular complexity index is 470. The van der Waals surface area contributed by atoms with E-state index in [9.17, 15) is 9.59 Å². The highest BCUT2D eigenvalue weighted by molar-refractivity contribution is 5.92. The van der Waals surface area contributed by atoms with Crippen molar-refractivity contribution in [2.75, 3.05) is 7.05 Å². The molecular formula is C15H19NO3. The van der Waals surface area contributed by atoms with E-state index in [0.29, 0.717) is 6.42 Å². The molecule has 1 fully saturated rings. The summed E-state index contributed by atoms with van der Waals surface area (Å²) >= 11 is 0. The summed E-state index contributed by atoms with van der Waals surface area (Å²) in [5.41, 5.74) is 1.02. The molecule has 0 aliphatic carbocycles. The molecule has 0 unspecified atom stereocenters. The Morgan fingerprint density at radius 3 is 2.42 bits per heavy atom. The van der Waals surface area contributed by atoms with Crippen LogP contribution in [0, 0.1) is 5.92 Å². The highest BCUT2D eigenvalue weighted by atomic mass is 16.6. The van der Waals surface area contributed by atoms with Gasteiger partial charge in [0.1, 0.15) is 6.04 Å². The fourth-order valence-corrected chi connectivity index (χ4v) is 2.25. The van der Waals surface area contributed by atoms with Crippen LogP contribution >= 0.6 is 0 Å². The summed E-state index contributed by atoms with van der Waals surface area (Å²) in [5, 5.41) is 0. The average Bonchev–Trinajstić information content (AvgIpc) is 2.40. The predicted molar refractivity (Wildman–Crippen MR) is 71.4 cm³/mol. The molecule has 0 saturated carbocycles. The van der Waals surface area contributed by atoms with Crippen molar-refractivity contribution in [3.8, 4) is 0 Å². The van der Waals surface area contributed by atoms with Crippen molar-refractivity contribution in [3.05, 3.63) is 35.9 Å². The lowest BCUT2D eigenvalue weighted by Gasteiger charge is -2.37. The second-order valence-electron chi connectivity index (χ2n) is 5.26. The highest BCUT2D eigenvalue weighted by Gasteiger charge is 2.41. The lowest BCUT2D eigenvalue weighted by molar-refractivity contribution is -0.179. The first-order chi connectivity index (χ1) is 9.00. The number of cyclic esters (lactones) is 1. The fraction of sp³-hybridized carbons (Fsp3) is 0.467. The molecule has 0 radical (unpaired) electrons. The summed E-state index contributed by atoms with van der Waals surface area (Å²) in [6, 6.07) is 9.13. The van der Waals surface area contributed by atoms with Crippen LogP contribution in [0.15, 0.2) is 30.3 Å². The number of carbonyl (C=O) groups excluding carboxylic acids is 2. The normalized spacial score (nSPS) is 23.7. The number of likely N-dealkylation sites (N-methyl/N-ethyl adjacent to an activating group) is 1. The Labute approximate surface area is 113 Å². The fourth-order valence-electron chi connectivity index (χ4n) is 2.25. The van der Waals surface area contributed by atoms with Gasteiger partial charge in [-0.2, -0.15) is 0 Å². The number of morpholine rings is 1. The van der Waals surface area contributed by atoms with Crippen molar-refractivity contribution >= 4 is 11.9 Å². The van der Waals surface area contributed by atoms with Crippen LogP contribution in [0.4, 0.5) is 0 Å². The lowest BCUT2D eigenvalue weighted by Crippen LogP contribution is -2.56. The molecule has 2 rings (SSSR count). The number of carbonyl (C=O) groups is 2. The van der Waals surface area contributed by atoms with E-state index in [1.54, 1.807) is 7.05 Å². The summed E-state index contributed by atoms with van der Waals surface area (Å²) in [4.78, 5) is 25.7. The summed E-state index contributed by atoms with van der Waals surface area (Å²) in [7, 11) is 1.67. The van der Waals surface area contributed by atoms with Crippen LogP contribution in [-0.4, -0.2) is 36.0 Å². The van der Waals surface area contributed by atoms with Crippen LogP contribution in [0.25, 0.3) is 0 Å². The molecular weight excluding hydrogens is 242 g/mol. The number of ether oxygens (including phenoxy) is 1. The maximum atomic E-state index is 12.2. The van der Waals surface area contributed by atoms with Crippen LogP contribution in [0.5, 0.6) is 0 Å². The van der Waals surface area contributed by atoms with Gasteiger partial charge in [-0.1, -0.05) is 44.2 Å². The van der Waals surface area contributed by atoms with Gasteiger partial charge >= 0.3 is 5.97 Å². The van der Waals surface area contributed by atoms with E-state index in [1.165, 1.54) is 4.90 Å². The van der Waals surface area contributed by atoms with Crippen LogP contribution in [0.1, 0.15) is 19.4 Å². The van der Waals surface area contributed by atoms with Crippen molar-refractivity contribution < 1.29 is 14.3 Å². The van der Waals surface area contributed by atoms with E-state index in [1.807, 2.05) is 44.2 Å². The van der Waals surface area contributed by atoms with E-state index in [2.05, 4.69) is 0 Å². The van der Waals surface area contributed by atoms with Crippen LogP contribution in [0.2, 0.25) is 0 Å². The number of nitrogens with zero attached hydrogens (tertiary/aromatic N) is 1. The highest BCUT2D eigenvalue weighted by Crippen LogP contribution is 2.21. The molecule has 0 N–H and O–H groups in total. The topological polar surface area (TPSA) is 46.6 Å². The Balaban J connectivity index is 2.15. The van der Waals surface area contributed by atoms with Crippen molar-refractivity contribution in [2.45, 2.75) is 32.4 Å². The molecule has 0 bridgehead atoms. The Kier molecular flexibility index (Phi) is 3.88. The molecule has 1 aliphatic heterocycles. The third-order valence-corrected chi connectivity index (χ3v) is 3.45. The van der Waals surface area contributed by atoms with E-state index >= 15 is 0 Å². The summed E-state index contributed by atoms with van der Waals surface area (Å²) in [6.07, 6.45) is -0.156. The number of esters is 1. The standard InChI is InChI=1S/C15H19NO3/c1-10(2)13-14(17)16(3)12(15(18)19-13)9-11-7-5-4-6-8-11/h4-8,10,12-13H,9H2,1-3H3/t12-,13+/m0/s1. The van der Waals surface area contributed by atoms with Gasteiger partial charge in [0.05, 0.1) is 0 Å². The number of hydrogen-bond acceptors (Lipinski definition) is 3. The number of rotatable bonds is 3. The SMILES string of the molecule is CC(C)[C@H]1OC(=O)[C@H](Cc2ccccc2)N(C)C1=O. The van der Waals surface area contributed by atoms with Crippen molar-refractivity contribution in [1.29, 1.82) is 0 Å². The molecule has 102 valence electrons. The first-order valence-electron chi connectivity index (χ1n) is 6.51. The van der Waals surface area contributed by atoms with Gasteiger partial charge in [0.2, 0.25) is 0 Å². The van der Waals surface area contributed by atoms with Crippen molar-refractivity contribution in [2.24, 2.45) is 5.92 Å². The predicted octanol–water partition coefficient (Wildman–Crippen LogP) is 1.64. The molecule has 1 aromatic rings. The van der Waals surface area contributed by atoms with E-state index in [-0.39, 0.29) is 17.8 Å². The maximum Gasteiger partial charge on any atom is 0.329 e. The summed E-state index contributed by atoms with van der Waals surface area (Å²) in [6.45, 7) is 3.75. The molecule has 1 saturated heterocycles. The second-order valence-corrected chi connectivity index (χ2v) is 5.26. The Hall–Kier alpha value is -1.84. The molecule has 2 atom stereocenters. The average molecular weight is 261 g/mol. The Morgan fingerprint density at radius 1 is 1.21 bits per heavy atom. The van der Waals surface area contributed by atoms with Gasteiger partial charge in [-0.3, -0.25) is 4.79 Å². The maximum absolute atomic E-state index is 12.2. The smallest absolute Gasteiger partial charge is 0.329 e.